The summed E-state index contributed by atoms with van der Waals surface area (Å²) in [7, 11) is 1.52. The Labute approximate surface area is 204 Å². The molecular weight excluding hydrogens is 515 g/mol. The van der Waals surface area contributed by atoms with Crippen LogP contribution in [0.3, 0.4) is 0 Å². The highest BCUT2D eigenvalue weighted by Crippen LogP contribution is 2.35. The molecule has 0 radical (unpaired) electrons. The standard InChI is InChI=1S/C24H17BrCl2N2O3/c1-31-22-11-16(10-17(13-28)24(30)29-21-5-3-2-4-20(21)27)19(25)12-23(22)32-14-15-6-8-18(26)9-7-15/h2-12H,14H2,1H3,(H,29,30)/b17-10+. The number of halogens is 3. The lowest BCUT2D eigenvalue weighted by Crippen LogP contribution is -2.13. The number of carbonyl (C=O) groups excluding carboxylic acids is 1. The Morgan fingerprint density at radius 2 is 1.84 bits per heavy atom. The molecule has 0 aliphatic heterocycles. The summed E-state index contributed by atoms with van der Waals surface area (Å²) in [5.41, 5.74) is 1.84. The number of ether oxygens (including phenoxy) is 2. The summed E-state index contributed by atoms with van der Waals surface area (Å²) in [5.74, 6) is 0.386. The first-order valence-corrected chi connectivity index (χ1v) is 10.9. The lowest BCUT2D eigenvalue weighted by Gasteiger charge is -2.13. The average Bonchev–Trinajstić information content (AvgIpc) is 2.79. The van der Waals surface area contributed by atoms with Gasteiger partial charge < -0.3 is 14.8 Å². The number of rotatable bonds is 7. The number of methoxy groups -OCH3 is 1. The van der Waals surface area contributed by atoms with Crippen molar-refractivity contribution in [1.29, 1.82) is 5.26 Å². The summed E-state index contributed by atoms with van der Waals surface area (Å²) in [6, 6.07) is 19.4. The summed E-state index contributed by atoms with van der Waals surface area (Å²) in [6.45, 7) is 0.318. The lowest BCUT2D eigenvalue weighted by molar-refractivity contribution is -0.112. The van der Waals surface area contributed by atoms with Gasteiger partial charge in [0.15, 0.2) is 11.5 Å². The highest BCUT2D eigenvalue weighted by Gasteiger charge is 2.15. The van der Waals surface area contributed by atoms with Crippen LogP contribution in [-0.4, -0.2) is 13.0 Å². The second kappa shape index (κ2) is 11.1. The van der Waals surface area contributed by atoms with Gasteiger partial charge in [-0.05, 0) is 53.6 Å². The number of para-hydroxylation sites is 1. The van der Waals surface area contributed by atoms with Crippen LogP contribution in [0.1, 0.15) is 11.1 Å². The zero-order valence-electron chi connectivity index (χ0n) is 16.9. The second-order valence-corrected chi connectivity index (χ2v) is 8.24. The number of benzene rings is 3. The predicted octanol–water partition coefficient (Wildman–Crippen LogP) is 6.89. The third-order valence-electron chi connectivity index (χ3n) is 4.38. The average molecular weight is 532 g/mol. The van der Waals surface area contributed by atoms with Gasteiger partial charge in [-0.2, -0.15) is 5.26 Å². The molecule has 1 amide bonds. The van der Waals surface area contributed by atoms with E-state index in [1.54, 1.807) is 48.5 Å². The number of carbonyl (C=O) groups is 1. The molecule has 0 bridgehead atoms. The SMILES string of the molecule is COc1cc(/C=C(\C#N)C(=O)Nc2ccccc2Cl)c(Br)cc1OCc1ccc(Cl)cc1. The molecule has 3 aromatic rings. The number of anilines is 1. The zero-order valence-corrected chi connectivity index (χ0v) is 20.0. The zero-order chi connectivity index (χ0) is 23.1. The van der Waals surface area contributed by atoms with Crippen molar-refractivity contribution in [2.24, 2.45) is 0 Å². The Morgan fingerprint density at radius 1 is 1.12 bits per heavy atom. The minimum absolute atomic E-state index is 0.0949. The molecule has 0 fully saturated rings. The molecule has 0 saturated carbocycles. The van der Waals surface area contributed by atoms with Crippen LogP contribution < -0.4 is 14.8 Å². The number of nitrogens with zero attached hydrogens (tertiary/aromatic N) is 1. The van der Waals surface area contributed by atoms with E-state index < -0.39 is 5.91 Å². The van der Waals surface area contributed by atoms with Gasteiger partial charge in [0.1, 0.15) is 18.2 Å². The molecule has 3 aromatic carbocycles. The predicted molar refractivity (Wildman–Crippen MR) is 130 cm³/mol. The number of amides is 1. The van der Waals surface area contributed by atoms with Gasteiger partial charge in [-0.3, -0.25) is 4.79 Å². The maximum absolute atomic E-state index is 12.6. The third-order valence-corrected chi connectivity index (χ3v) is 5.65. The van der Waals surface area contributed by atoms with E-state index in [-0.39, 0.29) is 5.57 Å². The van der Waals surface area contributed by atoms with E-state index in [0.29, 0.717) is 43.9 Å². The first kappa shape index (κ1) is 23.7. The van der Waals surface area contributed by atoms with E-state index in [0.717, 1.165) is 5.56 Å². The number of nitriles is 1. The molecule has 5 nitrogen and oxygen atoms in total. The molecular formula is C24H17BrCl2N2O3. The fourth-order valence-corrected chi connectivity index (χ4v) is 3.48. The lowest BCUT2D eigenvalue weighted by atomic mass is 10.1. The van der Waals surface area contributed by atoms with Crippen molar-refractivity contribution >= 4 is 56.8 Å². The van der Waals surface area contributed by atoms with Crippen LogP contribution >= 0.6 is 39.1 Å². The maximum atomic E-state index is 12.6. The number of hydrogen-bond acceptors (Lipinski definition) is 4. The molecule has 0 atom stereocenters. The van der Waals surface area contributed by atoms with Gasteiger partial charge in [-0.15, -0.1) is 0 Å². The number of hydrogen-bond donors (Lipinski definition) is 1. The topological polar surface area (TPSA) is 71.3 Å². The van der Waals surface area contributed by atoms with Crippen LogP contribution in [-0.2, 0) is 11.4 Å². The molecule has 32 heavy (non-hydrogen) atoms. The van der Waals surface area contributed by atoms with Gasteiger partial charge in [0.2, 0.25) is 0 Å². The van der Waals surface area contributed by atoms with Gasteiger partial charge in [0.05, 0.1) is 17.8 Å². The Bertz CT molecular complexity index is 1200. The molecule has 0 saturated heterocycles. The van der Waals surface area contributed by atoms with Gasteiger partial charge in [-0.25, -0.2) is 0 Å². The molecule has 8 heteroatoms. The largest absolute Gasteiger partial charge is 0.493 e. The van der Waals surface area contributed by atoms with Gasteiger partial charge in [-0.1, -0.05) is 63.4 Å². The summed E-state index contributed by atoms with van der Waals surface area (Å²) in [4.78, 5) is 12.6. The van der Waals surface area contributed by atoms with Crippen LogP contribution in [0.5, 0.6) is 11.5 Å². The first-order valence-electron chi connectivity index (χ1n) is 9.33. The minimum Gasteiger partial charge on any atom is -0.493 e. The van der Waals surface area contributed by atoms with E-state index in [9.17, 15) is 10.1 Å². The Balaban J connectivity index is 1.82. The first-order chi connectivity index (χ1) is 15.4. The van der Waals surface area contributed by atoms with Crippen LogP contribution in [0.25, 0.3) is 6.08 Å². The Hall–Kier alpha value is -2.98. The molecule has 3 rings (SSSR count). The van der Waals surface area contributed by atoms with Crippen LogP contribution in [0, 0.1) is 11.3 Å². The summed E-state index contributed by atoms with van der Waals surface area (Å²) in [6.07, 6.45) is 1.46. The monoisotopic (exact) mass is 530 g/mol. The van der Waals surface area contributed by atoms with Crippen molar-refractivity contribution in [1.82, 2.24) is 0 Å². The molecule has 0 spiro atoms. The van der Waals surface area contributed by atoms with Crippen molar-refractivity contribution in [3.63, 3.8) is 0 Å². The Morgan fingerprint density at radius 3 is 2.50 bits per heavy atom. The summed E-state index contributed by atoms with van der Waals surface area (Å²) in [5, 5.41) is 13.2. The fraction of sp³-hybridized carbons (Fsp3) is 0.0833. The van der Waals surface area contributed by atoms with E-state index in [2.05, 4.69) is 21.2 Å². The normalized spacial score (nSPS) is 10.9. The molecule has 162 valence electrons. The minimum atomic E-state index is -0.575. The Kier molecular flexibility index (Phi) is 8.18. The van der Waals surface area contributed by atoms with Crippen molar-refractivity contribution in [3.05, 3.63) is 91.9 Å². The van der Waals surface area contributed by atoms with E-state index in [4.69, 9.17) is 32.7 Å². The molecule has 0 aliphatic carbocycles. The molecule has 0 unspecified atom stereocenters. The van der Waals surface area contributed by atoms with E-state index in [1.165, 1.54) is 13.2 Å². The van der Waals surface area contributed by atoms with Crippen LogP contribution in [0.4, 0.5) is 5.69 Å². The molecule has 0 aromatic heterocycles. The summed E-state index contributed by atoms with van der Waals surface area (Å²) < 4.78 is 11.9. The van der Waals surface area contributed by atoms with E-state index >= 15 is 0 Å². The van der Waals surface area contributed by atoms with Crippen LogP contribution in [0.15, 0.2) is 70.7 Å². The summed E-state index contributed by atoms with van der Waals surface area (Å²) >= 11 is 15.5. The van der Waals surface area contributed by atoms with Gasteiger partial charge in [0, 0.05) is 9.50 Å². The van der Waals surface area contributed by atoms with E-state index in [1.807, 2.05) is 18.2 Å². The van der Waals surface area contributed by atoms with Gasteiger partial charge in [0.25, 0.3) is 5.91 Å². The van der Waals surface area contributed by atoms with Crippen molar-refractivity contribution in [2.45, 2.75) is 6.61 Å². The molecule has 0 aliphatic rings. The highest BCUT2D eigenvalue weighted by molar-refractivity contribution is 9.10. The van der Waals surface area contributed by atoms with Crippen molar-refractivity contribution in [2.75, 3.05) is 12.4 Å². The van der Waals surface area contributed by atoms with Crippen LogP contribution in [0.2, 0.25) is 10.0 Å². The fourth-order valence-electron chi connectivity index (χ4n) is 2.73. The van der Waals surface area contributed by atoms with Gasteiger partial charge >= 0.3 is 0 Å². The molecule has 0 heterocycles. The smallest absolute Gasteiger partial charge is 0.266 e. The second-order valence-electron chi connectivity index (χ2n) is 6.54. The van der Waals surface area contributed by atoms with Crippen molar-refractivity contribution < 1.29 is 14.3 Å². The van der Waals surface area contributed by atoms with Crippen molar-refractivity contribution in [3.8, 4) is 17.6 Å². The molecule has 1 N–H and O–H groups in total. The third kappa shape index (κ3) is 6.04. The quantitative estimate of drug-likeness (QED) is 0.266. The number of nitrogens with one attached hydrogen (secondary N) is 1. The maximum Gasteiger partial charge on any atom is 0.266 e. The highest BCUT2D eigenvalue weighted by atomic mass is 79.9.